The Kier molecular flexibility index (Phi) is 5.71. The number of carbonyl (C=O) groups is 1. The second-order valence-electron chi connectivity index (χ2n) is 7.51. The van der Waals surface area contributed by atoms with Crippen LogP contribution in [0.3, 0.4) is 0 Å². The van der Waals surface area contributed by atoms with Crippen LogP contribution in [0.4, 0.5) is 0 Å². The van der Waals surface area contributed by atoms with Gasteiger partial charge in [0.25, 0.3) is 0 Å². The fourth-order valence-corrected chi connectivity index (χ4v) is 3.80. The molecular weight excluding hydrogens is 368 g/mol. The molecule has 152 valence electrons. The van der Waals surface area contributed by atoms with Gasteiger partial charge in [-0.15, -0.1) is 0 Å². The molecule has 1 aromatic carbocycles. The number of nitrogens with one attached hydrogen (secondary N) is 2. The van der Waals surface area contributed by atoms with E-state index < -0.39 is 0 Å². The number of H-pyrrole nitrogens is 1. The molecule has 0 spiro atoms. The van der Waals surface area contributed by atoms with Gasteiger partial charge in [0.15, 0.2) is 11.6 Å². The maximum absolute atomic E-state index is 12.2. The van der Waals surface area contributed by atoms with E-state index in [-0.39, 0.29) is 12.5 Å². The van der Waals surface area contributed by atoms with Gasteiger partial charge >= 0.3 is 0 Å². The number of carbonyl (C=O) groups excluding carboxylic acids is 1. The van der Waals surface area contributed by atoms with Gasteiger partial charge in [0.2, 0.25) is 5.91 Å². The molecule has 0 bridgehead atoms. The van der Waals surface area contributed by atoms with E-state index in [1.165, 1.54) is 0 Å². The number of rotatable bonds is 6. The van der Waals surface area contributed by atoms with Gasteiger partial charge < -0.3 is 15.0 Å². The van der Waals surface area contributed by atoms with Crippen molar-refractivity contribution in [2.24, 2.45) is 15.9 Å². The number of aromatic amines is 1. The zero-order valence-corrected chi connectivity index (χ0v) is 16.6. The quantitative estimate of drug-likeness (QED) is 0.736. The smallest absolute Gasteiger partial charge is 0.245 e. The van der Waals surface area contributed by atoms with Crippen LogP contribution in [0, 0.1) is 5.92 Å². The summed E-state index contributed by atoms with van der Waals surface area (Å²) in [4.78, 5) is 23.0. The number of hydrogen-bond donors (Lipinski definition) is 2. The summed E-state index contributed by atoms with van der Waals surface area (Å²) < 4.78 is 5.45. The van der Waals surface area contributed by atoms with Crippen LogP contribution in [0.5, 0.6) is 0 Å². The third-order valence-electron chi connectivity index (χ3n) is 5.54. The fourth-order valence-electron chi connectivity index (χ4n) is 3.80. The first-order chi connectivity index (χ1) is 14.1. The molecule has 1 fully saturated rings. The number of nitrogens with zero attached hydrogens (tertiary/aromatic N) is 4. The zero-order valence-electron chi connectivity index (χ0n) is 16.6. The van der Waals surface area contributed by atoms with E-state index in [0.29, 0.717) is 17.6 Å². The molecule has 8 heteroatoms. The SMILES string of the molecule is C=NC1=C(N=C(C)c2ccc3cn[nH]c3c2)N(CCC2CCOCC2)CC(=O)N1. The number of fused-ring (bicyclic) bond motifs is 1. The Morgan fingerprint density at radius 3 is 3.00 bits per heavy atom. The van der Waals surface area contributed by atoms with Gasteiger partial charge in [0.05, 0.1) is 18.3 Å². The molecule has 0 aliphatic carbocycles. The summed E-state index contributed by atoms with van der Waals surface area (Å²) in [6.45, 7) is 8.24. The molecule has 4 rings (SSSR count). The van der Waals surface area contributed by atoms with Crippen LogP contribution in [0.25, 0.3) is 10.9 Å². The number of aliphatic imine (C=N–C) groups is 2. The van der Waals surface area contributed by atoms with Crippen molar-refractivity contribution in [2.75, 3.05) is 26.3 Å². The summed E-state index contributed by atoms with van der Waals surface area (Å²) in [5.41, 5.74) is 2.78. The summed E-state index contributed by atoms with van der Waals surface area (Å²) in [7, 11) is 0. The lowest BCUT2D eigenvalue weighted by Gasteiger charge is -2.32. The lowest BCUT2D eigenvalue weighted by atomic mass is 9.96. The largest absolute Gasteiger partial charge is 0.381 e. The number of ether oxygens (including phenoxy) is 1. The number of benzene rings is 1. The molecular formula is C21H26N6O2. The molecule has 0 radical (unpaired) electrons. The molecule has 1 saturated heterocycles. The van der Waals surface area contributed by atoms with Crippen molar-refractivity contribution in [3.8, 4) is 0 Å². The van der Waals surface area contributed by atoms with Gasteiger partial charge in [-0.1, -0.05) is 12.1 Å². The minimum atomic E-state index is -0.0881. The average Bonchev–Trinajstić information content (AvgIpc) is 3.22. The van der Waals surface area contributed by atoms with Gasteiger partial charge in [0.1, 0.15) is 0 Å². The standard InChI is InChI=1S/C21H26N6O2/c1-14(16-3-4-17-12-23-26-18(17)11-16)24-21-20(22-2)25-19(28)13-27(21)8-5-15-6-9-29-10-7-15/h3-4,11-12,15H,2,5-10,13H2,1H3,(H,23,26)(H,25,28). The molecule has 0 unspecified atom stereocenters. The Hall–Kier alpha value is -3.00. The minimum Gasteiger partial charge on any atom is -0.381 e. The molecule has 1 aromatic heterocycles. The van der Waals surface area contributed by atoms with Crippen LogP contribution in [0.2, 0.25) is 0 Å². The third-order valence-corrected chi connectivity index (χ3v) is 5.54. The average molecular weight is 394 g/mol. The van der Waals surface area contributed by atoms with Gasteiger partial charge in [-0.05, 0) is 50.5 Å². The predicted octanol–water partition coefficient (Wildman–Crippen LogP) is 2.45. The Morgan fingerprint density at radius 1 is 1.38 bits per heavy atom. The van der Waals surface area contributed by atoms with Crippen molar-refractivity contribution in [2.45, 2.75) is 26.2 Å². The van der Waals surface area contributed by atoms with Crippen molar-refractivity contribution in [1.82, 2.24) is 20.4 Å². The van der Waals surface area contributed by atoms with E-state index >= 15 is 0 Å². The molecule has 3 heterocycles. The van der Waals surface area contributed by atoms with Crippen molar-refractivity contribution in [3.05, 3.63) is 41.6 Å². The lowest BCUT2D eigenvalue weighted by molar-refractivity contribution is -0.122. The van der Waals surface area contributed by atoms with E-state index in [0.717, 1.165) is 61.2 Å². The highest BCUT2D eigenvalue weighted by Gasteiger charge is 2.26. The van der Waals surface area contributed by atoms with E-state index in [2.05, 4.69) is 27.2 Å². The highest BCUT2D eigenvalue weighted by Crippen LogP contribution is 2.23. The monoisotopic (exact) mass is 394 g/mol. The molecule has 2 aliphatic rings. The van der Waals surface area contributed by atoms with E-state index in [1.54, 1.807) is 6.20 Å². The molecule has 29 heavy (non-hydrogen) atoms. The minimum absolute atomic E-state index is 0.0881. The summed E-state index contributed by atoms with van der Waals surface area (Å²) in [5, 5.41) is 10.9. The molecule has 8 nitrogen and oxygen atoms in total. The first-order valence-corrected chi connectivity index (χ1v) is 9.96. The first kappa shape index (κ1) is 19.3. The summed E-state index contributed by atoms with van der Waals surface area (Å²) >= 11 is 0. The summed E-state index contributed by atoms with van der Waals surface area (Å²) in [6.07, 6.45) is 4.93. The number of aromatic nitrogens is 2. The maximum atomic E-state index is 12.2. The first-order valence-electron chi connectivity index (χ1n) is 9.96. The highest BCUT2D eigenvalue weighted by molar-refractivity contribution is 6.02. The summed E-state index contributed by atoms with van der Waals surface area (Å²) in [5.74, 6) is 1.60. The Morgan fingerprint density at radius 2 is 2.21 bits per heavy atom. The summed E-state index contributed by atoms with van der Waals surface area (Å²) in [6, 6.07) is 6.06. The Bertz CT molecular complexity index is 970. The highest BCUT2D eigenvalue weighted by atomic mass is 16.5. The molecule has 2 aliphatic heterocycles. The number of amides is 1. The second kappa shape index (κ2) is 8.57. The normalized spacial score (nSPS) is 19.0. The van der Waals surface area contributed by atoms with Gasteiger partial charge in [-0.2, -0.15) is 5.10 Å². The molecule has 2 aromatic rings. The second-order valence-corrected chi connectivity index (χ2v) is 7.51. The Balaban J connectivity index is 1.59. The fraction of sp³-hybridized carbons (Fsp3) is 0.429. The van der Waals surface area contributed by atoms with Crippen molar-refractivity contribution >= 4 is 29.2 Å². The van der Waals surface area contributed by atoms with Gasteiger partial charge in [-0.3, -0.25) is 9.89 Å². The van der Waals surface area contributed by atoms with Crippen LogP contribution in [0.15, 0.2) is 46.0 Å². The van der Waals surface area contributed by atoms with Crippen LogP contribution in [-0.2, 0) is 9.53 Å². The topological polar surface area (TPSA) is 95.0 Å². The van der Waals surface area contributed by atoms with Crippen LogP contribution in [0.1, 0.15) is 31.7 Å². The molecule has 0 atom stereocenters. The van der Waals surface area contributed by atoms with Gasteiger partial charge in [-0.25, -0.2) is 9.98 Å². The van der Waals surface area contributed by atoms with Crippen molar-refractivity contribution in [3.63, 3.8) is 0 Å². The van der Waals surface area contributed by atoms with Crippen LogP contribution >= 0.6 is 0 Å². The Labute approximate surface area is 169 Å². The van der Waals surface area contributed by atoms with E-state index in [1.807, 2.05) is 30.0 Å². The predicted molar refractivity (Wildman–Crippen MR) is 113 cm³/mol. The third kappa shape index (κ3) is 4.37. The molecule has 2 N–H and O–H groups in total. The van der Waals surface area contributed by atoms with Crippen molar-refractivity contribution in [1.29, 1.82) is 0 Å². The number of hydrogen-bond acceptors (Lipinski definition) is 6. The zero-order chi connectivity index (χ0) is 20.2. The lowest BCUT2D eigenvalue weighted by Crippen LogP contribution is -2.43. The van der Waals surface area contributed by atoms with Crippen LogP contribution in [-0.4, -0.2) is 59.7 Å². The van der Waals surface area contributed by atoms with Crippen molar-refractivity contribution < 1.29 is 9.53 Å². The van der Waals surface area contributed by atoms with Gasteiger partial charge in [0, 0.05) is 30.9 Å². The van der Waals surface area contributed by atoms with E-state index in [4.69, 9.17) is 9.73 Å². The molecule has 0 saturated carbocycles. The molecule has 1 amide bonds. The van der Waals surface area contributed by atoms with E-state index in [9.17, 15) is 4.79 Å². The maximum Gasteiger partial charge on any atom is 0.245 e. The van der Waals surface area contributed by atoms with Crippen LogP contribution < -0.4 is 5.32 Å².